The minimum absolute atomic E-state index is 0.0287. The molecule has 27 heavy (non-hydrogen) atoms. The summed E-state index contributed by atoms with van der Waals surface area (Å²) >= 11 is 0. The van der Waals surface area contributed by atoms with Crippen molar-refractivity contribution in [1.29, 1.82) is 0 Å². The van der Waals surface area contributed by atoms with E-state index in [9.17, 15) is 14.4 Å². The fourth-order valence-corrected chi connectivity index (χ4v) is 3.53. The molecule has 0 aromatic heterocycles. The van der Waals surface area contributed by atoms with Gasteiger partial charge in [-0.05, 0) is 37.3 Å². The monoisotopic (exact) mass is 373 g/mol. The van der Waals surface area contributed by atoms with E-state index < -0.39 is 0 Å². The second-order valence-electron chi connectivity index (χ2n) is 7.60. The van der Waals surface area contributed by atoms with Crippen LogP contribution in [0.4, 0.5) is 0 Å². The van der Waals surface area contributed by atoms with Crippen LogP contribution in [0.25, 0.3) is 0 Å². The Hall–Kier alpha value is -2.21. The first-order chi connectivity index (χ1) is 13.0. The zero-order valence-corrected chi connectivity index (χ0v) is 16.1. The van der Waals surface area contributed by atoms with Gasteiger partial charge in [0.15, 0.2) is 0 Å². The Bertz CT molecular complexity index is 641. The lowest BCUT2D eigenvalue weighted by Crippen LogP contribution is -2.41. The number of hydrogen-bond donors (Lipinski definition) is 3. The van der Waals surface area contributed by atoms with Gasteiger partial charge in [0.05, 0.1) is 0 Å². The Morgan fingerprint density at radius 1 is 1.22 bits per heavy atom. The topological polar surface area (TPSA) is 101 Å². The smallest absolute Gasteiger partial charge is 0.251 e. The highest BCUT2D eigenvalue weighted by Gasteiger charge is 2.19. The molecular weight excluding hydrogens is 342 g/mol. The number of amides is 2. The molecule has 0 aliphatic heterocycles. The lowest BCUT2D eigenvalue weighted by Gasteiger charge is -2.23. The number of benzene rings is 1. The Balaban J connectivity index is 1.70. The van der Waals surface area contributed by atoms with Crippen LogP contribution in [-0.4, -0.2) is 37.2 Å². The maximum Gasteiger partial charge on any atom is 0.251 e. The zero-order chi connectivity index (χ0) is 19.6. The molecule has 6 heteroatoms. The van der Waals surface area contributed by atoms with E-state index in [2.05, 4.69) is 10.6 Å². The maximum absolute atomic E-state index is 12.3. The first-order valence-electron chi connectivity index (χ1n) is 9.86. The van der Waals surface area contributed by atoms with Crippen molar-refractivity contribution in [2.24, 2.45) is 17.6 Å². The number of nitrogens with one attached hydrogen (secondary N) is 2. The first kappa shape index (κ1) is 21.1. The molecule has 1 aliphatic carbocycles. The number of hydrogen-bond acceptors (Lipinski definition) is 4. The zero-order valence-electron chi connectivity index (χ0n) is 16.1. The van der Waals surface area contributed by atoms with Gasteiger partial charge in [-0.3, -0.25) is 14.4 Å². The average Bonchev–Trinajstić information content (AvgIpc) is 2.70. The van der Waals surface area contributed by atoms with Crippen LogP contribution in [0.1, 0.15) is 66.2 Å². The van der Waals surface area contributed by atoms with Crippen molar-refractivity contribution in [3.63, 3.8) is 0 Å². The predicted molar refractivity (Wildman–Crippen MR) is 106 cm³/mol. The molecule has 2 amide bonds. The predicted octanol–water partition coefficient (Wildman–Crippen LogP) is 2.28. The van der Waals surface area contributed by atoms with Gasteiger partial charge in [0.1, 0.15) is 6.29 Å². The van der Waals surface area contributed by atoms with Crippen LogP contribution in [0.5, 0.6) is 0 Å². The molecule has 2 atom stereocenters. The highest BCUT2D eigenvalue weighted by atomic mass is 16.2. The van der Waals surface area contributed by atoms with Crippen LogP contribution in [0.15, 0.2) is 24.3 Å². The van der Waals surface area contributed by atoms with Gasteiger partial charge < -0.3 is 16.4 Å². The van der Waals surface area contributed by atoms with Gasteiger partial charge in [-0.15, -0.1) is 0 Å². The number of carbonyl (C=O) groups excluding carboxylic acids is 3. The quantitative estimate of drug-likeness (QED) is 0.578. The normalized spacial score (nSPS) is 17.0. The maximum atomic E-state index is 12.3. The summed E-state index contributed by atoms with van der Waals surface area (Å²) in [5.74, 6) is 0.161. The van der Waals surface area contributed by atoms with E-state index in [1.54, 1.807) is 18.2 Å². The second-order valence-corrected chi connectivity index (χ2v) is 7.60. The van der Waals surface area contributed by atoms with Gasteiger partial charge in [-0.2, -0.15) is 0 Å². The summed E-state index contributed by atoms with van der Waals surface area (Å²) in [7, 11) is 0. The summed E-state index contributed by atoms with van der Waals surface area (Å²) < 4.78 is 0. The van der Waals surface area contributed by atoms with Gasteiger partial charge in [-0.1, -0.05) is 38.3 Å². The summed E-state index contributed by atoms with van der Waals surface area (Å²) in [5.41, 5.74) is 6.96. The number of nitrogens with two attached hydrogens (primary N) is 1. The molecule has 1 aromatic carbocycles. The Morgan fingerprint density at radius 3 is 2.67 bits per heavy atom. The Morgan fingerprint density at radius 2 is 1.96 bits per heavy atom. The summed E-state index contributed by atoms with van der Waals surface area (Å²) in [6.07, 6.45) is 7.44. The van der Waals surface area contributed by atoms with Crippen LogP contribution in [0, 0.1) is 11.8 Å². The fourth-order valence-electron chi connectivity index (χ4n) is 3.53. The van der Waals surface area contributed by atoms with Gasteiger partial charge in [-0.25, -0.2) is 0 Å². The third-order valence-electron chi connectivity index (χ3n) is 5.20. The summed E-state index contributed by atoms with van der Waals surface area (Å²) in [6.45, 7) is 2.90. The molecule has 1 aromatic rings. The molecule has 6 nitrogen and oxygen atoms in total. The van der Waals surface area contributed by atoms with Crippen molar-refractivity contribution in [1.82, 2.24) is 10.6 Å². The highest BCUT2D eigenvalue weighted by Crippen LogP contribution is 2.22. The lowest BCUT2D eigenvalue weighted by molar-refractivity contribution is -0.125. The molecule has 0 heterocycles. The van der Waals surface area contributed by atoms with E-state index in [4.69, 9.17) is 5.73 Å². The Kier molecular flexibility index (Phi) is 8.45. The van der Waals surface area contributed by atoms with E-state index in [-0.39, 0.29) is 30.3 Å². The second kappa shape index (κ2) is 10.8. The van der Waals surface area contributed by atoms with Gasteiger partial charge in [0.25, 0.3) is 5.91 Å². The highest BCUT2D eigenvalue weighted by molar-refractivity contribution is 5.95. The fraction of sp³-hybridized carbons (Fsp3) is 0.571. The molecule has 1 aliphatic rings. The van der Waals surface area contributed by atoms with E-state index in [0.717, 1.165) is 6.54 Å². The van der Waals surface area contributed by atoms with Crippen molar-refractivity contribution in [3.05, 3.63) is 35.4 Å². The molecule has 1 fully saturated rings. The van der Waals surface area contributed by atoms with Gasteiger partial charge in [0, 0.05) is 36.2 Å². The molecule has 148 valence electrons. The minimum atomic E-state index is -0.307. The third kappa shape index (κ3) is 7.13. The molecule has 4 N–H and O–H groups in total. The number of rotatable bonds is 9. The van der Waals surface area contributed by atoms with E-state index in [1.165, 1.54) is 38.2 Å². The molecular formula is C21H31N3O3. The average molecular weight is 373 g/mol. The van der Waals surface area contributed by atoms with Crippen molar-refractivity contribution in [2.45, 2.75) is 51.5 Å². The van der Waals surface area contributed by atoms with E-state index in [1.807, 2.05) is 6.92 Å². The number of carbonyl (C=O) groups is 3. The van der Waals surface area contributed by atoms with Crippen molar-refractivity contribution in [2.75, 3.05) is 13.1 Å². The van der Waals surface area contributed by atoms with Gasteiger partial charge in [0.2, 0.25) is 5.91 Å². The lowest BCUT2D eigenvalue weighted by atomic mass is 9.89. The summed E-state index contributed by atoms with van der Waals surface area (Å²) in [5, 5.41) is 5.81. The molecule has 0 saturated heterocycles. The summed E-state index contributed by atoms with van der Waals surface area (Å²) in [6, 6.07) is 6.18. The van der Waals surface area contributed by atoms with Crippen molar-refractivity contribution in [3.8, 4) is 0 Å². The van der Waals surface area contributed by atoms with E-state index in [0.29, 0.717) is 29.8 Å². The molecule has 0 spiro atoms. The SMILES string of the molecule is CC(CC(N)CNC(=O)c1cccc(C=O)c1)C(=O)NCC1CCCCC1. The van der Waals surface area contributed by atoms with Crippen LogP contribution in [0.2, 0.25) is 0 Å². The largest absolute Gasteiger partial charge is 0.356 e. The molecule has 2 rings (SSSR count). The molecule has 1 saturated carbocycles. The molecule has 0 bridgehead atoms. The van der Waals surface area contributed by atoms with Crippen LogP contribution in [-0.2, 0) is 4.79 Å². The first-order valence-corrected chi connectivity index (χ1v) is 9.86. The summed E-state index contributed by atoms with van der Waals surface area (Å²) in [4.78, 5) is 35.2. The number of aldehydes is 1. The van der Waals surface area contributed by atoms with E-state index >= 15 is 0 Å². The van der Waals surface area contributed by atoms with Crippen LogP contribution < -0.4 is 16.4 Å². The third-order valence-corrected chi connectivity index (χ3v) is 5.20. The minimum Gasteiger partial charge on any atom is -0.356 e. The van der Waals surface area contributed by atoms with Gasteiger partial charge >= 0.3 is 0 Å². The van der Waals surface area contributed by atoms with Crippen molar-refractivity contribution >= 4 is 18.1 Å². The Labute approximate surface area is 161 Å². The van der Waals surface area contributed by atoms with Crippen LogP contribution in [0.3, 0.4) is 0 Å². The van der Waals surface area contributed by atoms with Crippen LogP contribution >= 0.6 is 0 Å². The molecule has 0 radical (unpaired) electrons. The molecule has 2 unspecified atom stereocenters. The standard InChI is InChI=1S/C21H31N3O3/c1-15(20(26)23-12-16-6-3-2-4-7-16)10-19(22)13-24-21(27)18-9-5-8-17(11-18)14-25/h5,8-9,11,14-16,19H,2-4,6-7,10,12-13,22H2,1H3,(H,23,26)(H,24,27). The van der Waals surface area contributed by atoms with Crippen molar-refractivity contribution < 1.29 is 14.4 Å².